The molecule has 1 aromatic carbocycles. The second-order valence-electron chi connectivity index (χ2n) is 4.13. The van der Waals surface area contributed by atoms with Crippen LogP contribution in [0.25, 0.3) is 0 Å². The van der Waals surface area contributed by atoms with Gasteiger partial charge in [-0.05, 0) is 60.6 Å². The Kier molecular flexibility index (Phi) is 5.61. The Balaban J connectivity index is 2.53. The van der Waals surface area contributed by atoms with Gasteiger partial charge in [-0.2, -0.15) is 0 Å². The van der Waals surface area contributed by atoms with Crippen LogP contribution in [0.5, 0.6) is 0 Å². The lowest BCUT2D eigenvalue weighted by molar-refractivity contribution is 0.453. The molecule has 0 heterocycles. The van der Waals surface area contributed by atoms with Gasteiger partial charge >= 0.3 is 0 Å². The van der Waals surface area contributed by atoms with Crippen LogP contribution in [0.15, 0.2) is 24.3 Å². The molecule has 0 aliphatic rings. The van der Waals surface area contributed by atoms with Crippen LogP contribution >= 0.6 is 22.6 Å². The van der Waals surface area contributed by atoms with Gasteiger partial charge < -0.3 is 5.32 Å². The Morgan fingerprint density at radius 3 is 2.33 bits per heavy atom. The summed E-state index contributed by atoms with van der Waals surface area (Å²) in [6.45, 7) is 6.72. The van der Waals surface area contributed by atoms with Crippen LogP contribution in [0, 0.1) is 3.57 Å². The van der Waals surface area contributed by atoms with E-state index in [2.05, 4.69) is 72.9 Å². The topological polar surface area (TPSA) is 12.0 Å². The molecule has 1 rings (SSSR count). The van der Waals surface area contributed by atoms with Gasteiger partial charge in [0.2, 0.25) is 0 Å². The highest BCUT2D eigenvalue weighted by atomic mass is 127. The molecule has 0 aliphatic carbocycles. The largest absolute Gasteiger partial charge is 0.308 e. The van der Waals surface area contributed by atoms with Crippen molar-refractivity contribution < 1.29 is 0 Å². The molecule has 0 radical (unpaired) electrons. The molecule has 1 N–H and O–H groups in total. The molecule has 2 heteroatoms. The highest BCUT2D eigenvalue weighted by Crippen LogP contribution is 2.15. The minimum absolute atomic E-state index is 0.448. The maximum atomic E-state index is 3.61. The molecule has 2 unspecified atom stereocenters. The van der Waals surface area contributed by atoms with Crippen LogP contribution < -0.4 is 5.32 Å². The summed E-state index contributed by atoms with van der Waals surface area (Å²) < 4.78 is 1.30. The molecule has 0 aliphatic heterocycles. The number of benzene rings is 1. The van der Waals surface area contributed by atoms with E-state index >= 15 is 0 Å². The number of halogens is 1. The molecule has 0 spiro atoms. The van der Waals surface area contributed by atoms with E-state index in [4.69, 9.17) is 0 Å². The van der Waals surface area contributed by atoms with Gasteiger partial charge in [-0.3, -0.25) is 0 Å². The quantitative estimate of drug-likeness (QED) is 0.805. The lowest BCUT2D eigenvalue weighted by atomic mass is 10.1. The summed E-state index contributed by atoms with van der Waals surface area (Å²) in [6.07, 6.45) is 2.49. The lowest BCUT2D eigenvalue weighted by Gasteiger charge is -2.20. The first-order valence-corrected chi connectivity index (χ1v) is 6.73. The van der Waals surface area contributed by atoms with Gasteiger partial charge in [0.05, 0.1) is 0 Å². The Hall–Kier alpha value is -0.0900. The van der Waals surface area contributed by atoms with Gasteiger partial charge in [0.15, 0.2) is 0 Å². The standard InChI is InChI=1S/C13H20IN/c1-4-5-10(2)15-11(3)12-6-8-13(14)9-7-12/h6-11,15H,4-5H2,1-3H3. The summed E-state index contributed by atoms with van der Waals surface area (Å²) in [6, 6.07) is 9.79. The molecule has 1 aromatic rings. The Labute approximate surface area is 107 Å². The zero-order valence-electron chi connectivity index (χ0n) is 9.76. The van der Waals surface area contributed by atoms with Crippen molar-refractivity contribution in [1.29, 1.82) is 0 Å². The van der Waals surface area contributed by atoms with Crippen molar-refractivity contribution in [3.63, 3.8) is 0 Å². The van der Waals surface area contributed by atoms with E-state index in [1.54, 1.807) is 0 Å². The molecule has 0 aromatic heterocycles. The third-order valence-corrected chi connectivity index (χ3v) is 3.35. The SMILES string of the molecule is CCCC(C)NC(C)c1ccc(I)cc1. The van der Waals surface area contributed by atoms with Crippen molar-refractivity contribution in [1.82, 2.24) is 5.32 Å². The van der Waals surface area contributed by atoms with Crippen molar-refractivity contribution in [2.24, 2.45) is 0 Å². The second kappa shape index (κ2) is 6.48. The molecular weight excluding hydrogens is 297 g/mol. The first kappa shape index (κ1) is 13.0. The van der Waals surface area contributed by atoms with Crippen LogP contribution in [0.4, 0.5) is 0 Å². The second-order valence-corrected chi connectivity index (χ2v) is 5.38. The third kappa shape index (κ3) is 4.51. The van der Waals surface area contributed by atoms with E-state index < -0.39 is 0 Å². The Morgan fingerprint density at radius 1 is 1.20 bits per heavy atom. The minimum atomic E-state index is 0.448. The summed E-state index contributed by atoms with van der Waals surface area (Å²) in [5.41, 5.74) is 1.37. The number of hydrogen-bond donors (Lipinski definition) is 1. The van der Waals surface area contributed by atoms with Crippen molar-refractivity contribution in [2.45, 2.75) is 45.7 Å². The minimum Gasteiger partial charge on any atom is -0.308 e. The molecule has 0 amide bonds. The maximum Gasteiger partial charge on any atom is 0.0294 e. The fraction of sp³-hybridized carbons (Fsp3) is 0.538. The fourth-order valence-corrected chi connectivity index (χ4v) is 2.15. The summed E-state index contributed by atoms with van der Waals surface area (Å²) in [5, 5.41) is 3.61. The van der Waals surface area contributed by atoms with E-state index in [9.17, 15) is 0 Å². The van der Waals surface area contributed by atoms with Crippen LogP contribution in [0.2, 0.25) is 0 Å². The van der Waals surface area contributed by atoms with Crippen LogP contribution in [-0.4, -0.2) is 6.04 Å². The monoisotopic (exact) mass is 317 g/mol. The fourth-order valence-electron chi connectivity index (χ4n) is 1.79. The van der Waals surface area contributed by atoms with Crippen molar-refractivity contribution >= 4 is 22.6 Å². The first-order chi connectivity index (χ1) is 7.13. The van der Waals surface area contributed by atoms with Crippen LogP contribution in [0.3, 0.4) is 0 Å². The molecule has 0 bridgehead atoms. The van der Waals surface area contributed by atoms with E-state index in [-0.39, 0.29) is 0 Å². The summed E-state index contributed by atoms with van der Waals surface area (Å²) in [5.74, 6) is 0. The maximum absolute atomic E-state index is 3.61. The highest BCUT2D eigenvalue weighted by Gasteiger charge is 2.08. The van der Waals surface area contributed by atoms with Crippen molar-refractivity contribution in [3.8, 4) is 0 Å². The van der Waals surface area contributed by atoms with Gasteiger partial charge in [0.1, 0.15) is 0 Å². The number of hydrogen-bond acceptors (Lipinski definition) is 1. The van der Waals surface area contributed by atoms with Crippen molar-refractivity contribution in [3.05, 3.63) is 33.4 Å². The molecular formula is C13H20IN. The molecule has 0 saturated carbocycles. The average molecular weight is 317 g/mol. The predicted molar refractivity (Wildman–Crippen MR) is 75.1 cm³/mol. The molecule has 2 atom stereocenters. The van der Waals surface area contributed by atoms with Crippen LogP contribution in [0.1, 0.15) is 45.2 Å². The Morgan fingerprint density at radius 2 is 1.80 bits per heavy atom. The molecule has 15 heavy (non-hydrogen) atoms. The van der Waals surface area contributed by atoms with E-state index in [1.165, 1.54) is 22.0 Å². The third-order valence-electron chi connectivity index (χ3n) is 2.63. The Bertz CT molecular complexity index is 281. The normalized spacial score (nSPS) is 14.9. The van der Waals surface area contributed by atoms with E-state index in [0.29, 0.717) is 12.1 Å². The van der Waals surface area contributed by atoms with Crippen LogP contribution in [-0.2, 0) is 0 Å². The van der Waals surface area contributed by atoms with Gasteiger partial charge in [-0.15, -0.1) is 0 Å². The zero-order chi connectivity index (χ0) is 11.3. The summed E-state index contributed by atoms with van der Waals surface area (Å²) >= 11 is 2.34. The molecule has 0 saturated heterocycles. The van der Waals surface area contributed by atoms with E-state index in [1.807, 2.05) is 0 Å². The molecule has 84 valence electrons. The molecule has 0 fully saturated rings. The number of nitrogens with one attached hydrogen (secondary N) is 1. The first-order valence-electron chi connectivity index (χ1n) is 5.65. The zero-order valence-corrected chi connectivity index (χ0v) is 11.9. The molecule has 1 nitrogen and oxygen atoms in total. The predicted octanol–water partition coefficient (Wildman–Crippen LogP) is 4.13. The summed E-state index contributed by atoms with van der Waals surface area (Å²) in [7, 11) is 0. The van der Waals surface area contributed by atoms with Gasteiger partial charge in [0, 0.05) is 15.7 Å². The van der Waals surface area contributed by atoms with Crippen molar-refractivity contribution in [2.75, 3.05) is 0 Å². The lowest BCUT2D eigenvalue weighted by Crippen LogP contribution is -2.28. The van der Waals surface area contributed by atoms with Gasteiger partial charge in [-0.1, -0.05) is 25.5 Å². The number of rotatable bonds is 5. The van der Waals surface area contributed by atoms with Gasteiger partial charge in [0.25, 0.3) is 0 Å². The van der Waals surface area contributed by atoms with Gasteiger partial charge in [-0.25, -0.2) is 0 Å². The average Bonchev–Trinajstić information content (AvgIpc) is 2.18. The smallest absolute Gasteiger partial charge is 0.0294 e. The summed E-state index contributed by atoms with van der Waals surface area (Å²) in [4.78, 5) is 0. The van der Waals surface area contributed by atoms with E-state index in [0.717, 1.165) is 0 Å². The highest BCUT2D eigenvalue weighted by molar-refractivity contribution is 14.1.